The summed E-state index contributed by atoms with van der Waals surface area (Å²) >= 11 is 0. The van der Waals surface area contributed by atoms with Crippen molar-refractivity contribution in [2.24, 2.45) is 10.7 Å². The predicted octanol–water partition coefficient (Wildman–Crippen LogP) is 0.414. The van der Waals surface area contributed by atoms with E-state index >= 15 is 0 Å². The summed E-state index contributed by atoms with van der Waals surface area (Å²) in [6.07, 6.45) is 0.732. The number of rotatable bonds is 12. The van der Waals surface area contributed by atoms with E-state index in [9.17, 15) is 4.79 Å². The zero-order chi connectivity index (χ0) is 16.1. The van der Waals surface area contributed by atoms with E-state index in [0.717, 1.165) is 6.42 Å². The number of carboxylic acid groups (broad SMARTS) is 1. The number of aliphatic imine (C=N–C) groups is 1. The summed E-state index contributed by atoms with van der Waals surface area (Å²) in [5, 5.41) is 11.3. The van der Waals surface area contributed by atoms with Crippen molar-refractivity contribution in [1.29, 1.82) is 0 Å². The van der Waals surface area contributed by atoms with Crippen LogP contribution in [0.1, 0.15) is 27.2 Å². The number of nitrogens with one attached hydrogen (secondary N) is 1. The van der Waals surface area contributed by atoms with Crippen LogP contribution < -0.4 is 11.1 Å². The van der Waals surface area contributed by atoms with Gasteiger partial charge in [-0.05, 0) is 27.2 Å². The van der Waals surface area contributed by atoms with Crippen molar-refractivity contribution < 1.29 is 23.2 Å². The van der Waals surface area contributed by atoms with Crippen LogP contribution in [0.2, 0.25) is 6.04 Å². The maximum Gasteiger partial charge on any atom is 0.500 e. The van der Waals surface area contributed by atoms with Crippen molar-refractivity contribution in [2.75, 3.05) is 32.9 Å². The molecule has 0 bridgehead atoms. The Morgan fingerprint density at radius 1 is 1.19 bits per heavy atom. The third-order valence-corrected chi connectivity index (χ3v) is 5.59. The number of nitrogens with two attached hydrogens (primary N) is 1. The van der Waals surface area contributed by atoms with Gasteiger partial charge in [0, 0.05) is 32.4 Å². The fourth-order valence-corrected chi connectivity index (χ4v) is 4.34. The number of guanidine groups is 1. The van der Waals surface area contributed by atoms with Crippen LogP contribution in [0.3, 0.4) is 0 Å². The normalized spacial score (nSPS) is 12.4. The Morgan fingerprint density at radius 3 is 2.14 bits per heavy atom. The molecule has 0 spiro atoms. The zero-order valence-electron chi connectivity index (χ0n) is 13.1. The molecule has 9 heteroatoms. The third kappa shape index (κ3) is 9.40. The number of nitrogens with zero attached hydrogens (tertiary/aromatic N) is 1. The average Bonchev–Trinajstić information content (AvgIpc) is 2.42. The summed E-state index contributed by atoms with van der Waals surface area (Å²) < 4.78 is 17.2. The summed E-state index contributed by atoms with van der Waals surface area (Å²) in [5.41, 5.74) is 5.54. The first-order valence-corrected chi connectivity index (χ1v) is 9.10. The van der Waals surface area contributed by atoms with Gasteiger partial charge in [-0.25, -0.2) is 4.99 Å². The Bertz CT molecular complexity index is 311. The Hall–Kier alpha value is -1.16. The minimum absolute atomic E-state index is 0.119. The number of carboxylic acids is 1. The van der Waals surface area contributed by atoms with E-state index in [1.165, 1.54) is 0 Å². The minimum atomic E-state index is -2.62. The van der Waals surface area contributed by atoms with Crippen LogP contribution in [0.15, 0.2) is 4.99 Å². The molecule has 21 heavy (non-hydrogen) atoms. The largest absolute Gasteiger partial charge is 0.500 e. The van der Waals surface area contributed by atoms with Gasteiger partial charge in [0.05, 0.1) is 0 Å². The van der Waals surface area contributed by atoms with Crippen LogP contribution in [0.4, 0.5) is 0 Å². The highest BCUT2D eigenvalue weighted by molar-refractivity contribution is 6.60. The van der Waals surface area contributed by atoms with Crippen LogP contribution in [0, 0.1) is 0 Å². The second-order valence-electron chi connectivity index (χ2n) is 4.11. The van der Waals surface area contributed by atoms with Crippen LogP contribution in [-0.4, -0.2) is 58.7 Å². The van der Waals surface area contributed by atoms with Crippen molar-refractivity contribution in [3.8, 4) is 0 Å². The van der Waals surface area contributed by atoms with Crippen LogP contribution >= 0.6 is 0 Å². The smallest absolute Gasteiger partial charge is 0.480 e. The standard InChI is InChI=1S/C12H27N3O5Si/c1-4-18-21(19-5-2,20-6-3)9-7-8-14-12(13)15-10-11(16)17/h4-10H2,1-3H3,(H,16,17)(H3,13,14,15). The van der Waals surface area contributed by atoms with E-state index in [1.807, 2.05) is 20.8 Å². The average molecular weight is 321 g/mol. The zero-order valence-corrected chi connectivity index (χ0v) is 14.1. The lowest BCUT2D eigenvalue weighted by molar-refractivity contribution is -0.135. The lowest BCUT2D eigenvalue weighted by Crippen LogP contribution is -2.46. The van der Waals surface area contributed by atoms with Crippen molar-refractivity contribution >= 4 is 20.7 Å². The lowest BCUT2D eigenvalue weighted by Gasteiger charge is -2.28. The second kappa shape index (κ2) is 11.5. The van der Waals surface area contributed by atoms with Gasteiger partial charge in [-0.2, -0.15) is 0 Å². The molecule has 0 aromatic heterocycles. The number of carbonyl (C=O) groups is 1. The Kier molecular flexibility index (Phi) is 10.9. The SMILES string of the molecule is CCO[Si](CCCNC(N)=NCC(=O)O)(OCC)OCC. The highest BCUT2D eigenvalue weighted by atomic mass is 28.4. The Morgan fingerprint density at radius 2 is 1.71 bits per heavy atom. The fourth-order valence-electron chi connectivity index (χ4n) is 1.73. The molecule has 0 aromatic rings. The molecular formula is C12H27N3O5Si. The molecule has 0 heterocycles. The van der Waals surface area contributed by atoms with E-state index in [2.05, 4.69) is 10.3 Å². The molecule has 0 amide bonds. The molecular weight excluding hydrogens is 294 g/mol. The Labute approximate surface area is 127 Å². The molecule has 0 saturated carbocycles. The summed E-state index contributed by atoms with van der Waals surface area (Å²) in [5.74, 6) is -0.899. The van der Waals surface area contributed by atoms with Gasteiger partial charge in [0.15, 0.2) is 5.96 Å². The maximum absolute atomic E-state index is 10.3. The van der Waals surface area contributed by atoms with Gasteiger partial charge < -0.3 is 29.4 Å². The molecule has 0 radical (unpaired) electrons. The van der Waals surface area contributed by atoms with Gasteiger partial charge in [0.1, 0.15) is 6.54 Å². The van der Waals surface area contributed by atoms with Crippen molar-refractivity contribution in [3.63, 3.8) is 0 Å². The number of hydrogen-bond donors (Lipinski definition) is 3. The van der Waals surface area contributed by atoms with E-state index in [0.29, 0.717) is 32.4 Å². The first-order chi connectivity index (χ1) is 9.99. The molecule has 0 aromatic carbocycles. The third-order valence-electron chi connectivity index (χ3n) is 2.44. The summed E-state index contributed by atoms with van der Waals surface area (Å²) in [6, 6.07) is 0.668. The summed E-state index contributed by atoms with van der Waals surface area (Å²) in [6.45, 7) is 7.58. The second-order valence-corrected chi connectivity index (χ2v) is 6.84. The Balaban J connectivity index is 4.23. The molecule has 0 atom stereocenters. The van der Waals surface area contributed by atoms with Gasteiger partial charge in [-0.15, -0.1) is 0 Å². The van der Waals surface area contributed by atoms with Crippen molar-refractivity contribution in [2.45, 2.75) is 33.2 Å². The van der Waals surface area contributed by atoms with Gasteiger partial charge in [-0.3, -0.25) is 4.79 Å². The molecule has 0 fully saturated rings. The monoisotopic (exact) mass is 321 g/mol. The highest BCUT2D eigenvalue weighted by Crippen LogP contribution is 2.17. The van der Waals surface area contributed by atoms with Gasteiger partial charge in [0.2, 0.25) is 0 Å². The molecule has 4 N–H and O–H groups in total. The van der Waals surface area contributed by atoms with Crippen LogP contribution in [0.5, 0.6) is 0 Å². The number of hydrogen-bond acceptors (Lipinski definition) is 5. The molecule has 8 nitrogen and oxygen atoms in total. The molecule has 0 unspecified atom stereocenters. The quantitative estimate of drug-likeness (QED) is 0.206. The summed E-state index contributed by atoms with van der Waals surface area (Å²) in [7, 11) is -2.62. The molecule has 0 rings (SSSR count). The molecule has 0 aliphatic heterocycles. The van der Waals surface area contributed by atoms with Gasteiger partial charge >= 0.3 is 14.8 Å². The van der Waals surface area contributed by atoms with Crippen LogP contribution in [0.25, 0.3) is 0 Å². The fraction of sp³-hybridized carbons (Fsp3) is 0.833. The van der Waals surface area contributed by atoms with Gasteiger partial charge in [-0.1, -0.05) is 0 Å². The van der Waals surface area contributed by atoms with Crippen molar-refractivity contribution in [3.05, 3.63) is 0 Å². The maximum atomic E-state index is 10.3. The van der Waals surface area contributed by atoms with Gasteiger partial charge in [0.25, 0.3) is 0 Å². The number of aliphatic carboxylic acids is 1. The molecule has 0 saturated heterocycles. The molecule has 0 aliphatic carbocycles. The van der Waals surface area contributed by atoms with E-state index < -0.39 is 14.8 Å². The topological polar surface area (TPSA) is 115 Å². The van der Waals surface area contributed by atoms with E-state index in [1.54, 1.807) is 0 Å². The summed E-state index contributed by atoms with van der Waals surface area (Å²) in [4.78, 5) is 14.0. The van der Waals surface area contributed by atoms with Crippen molar-refractivity contribution in [1.82, 2.24) is 5.32 Å². The first kappa shape index (κ1) is 19.8. The highest BCUT2D eigenvalue weighted by Gasteiger charge is 2.39. The predicted molar refractivity (Wildman–Crippen MR) is 82.2 cm³/mol. The molecule has 0 aliphatic rings. The molecule has 124 valence electrons. The van der Waals surface area contributed by atoms with Crippen LogP contribution in [-0.2, 0) is 18.1 Å². The van der Waals surface area contributed by atoms with E-state index in [-0.39, 0.29) is 12.5 Å². The first-order valence-electron chi connectivity index (χ1n) is 7.17. The van der Waals surface area contributed by atoms with E-state index in [4.69, 9.17) is 24.1 Å². The minimum Gasteiger partial charge on any atom is -0.480 e. The lowest BCUT2D eigenvalue weighted by atomic mass is 10.5.